The van der Waals surface area contributed by atoms with Crippen molar-refractivity contribution < 1.29 is 0 Å². The van der Waals surface area contributed by atoms with Gasteiger partial charge in [0.05, 0.1) is 5.01 Å². The van der Waals surface area contributed by atoms with E-state index >= 15 is 0 Å². The maximum absolute atomic E-state index is 4.71. The first-order valence-electron chi connectivity index (χ1n) is 8.13. The fourth-order valence-corrected chi connectivity index (χ4v) is 3.94. The summed E-state index contributed by atoms with van der Waals surface area (Å²) in [6.07, 6.45) is 3.72. The van der Waals surface area contributed by atoms with E-state index in [4.69, 9.17) is 4.98 Å². The predicted octanol–water partition coefficient (Wildman–Crippen LogP) is 3.32. The van der Waals surface area contributed by atoms with Gasteiger partial charge in [-0.05, 0) is 25.0 Å². The van der Waals surface area contributed by atoms with Gasteiger partial charge in [-0.2, -0.15) is 0 Å². The van der Waals surface area contributed by atoms with E-state index in [0.717, 1.165) is 59.1 Å². The number of thiazole rings is 2. The smallest absolute Gasteiger partial charge is 0.197 e. The monoisotopic (exact) mass is 370 g/mol. The van der Waals surface area contributed by atoms with E-state index in [2.05, 4.69) is 43.1 Å². The van der Waals surface area contributed by atoms with Gasteiger partial charge in [0.15, 0.2) is 11.1 Å². The molecular formula is C17H18N6S2. The van der Waals surface area contributed by atoms with Crippen molar-refractivity contribution in [3.8, 4) is 11.4 Å². The molecule has 0 aliphatic carbocycles. The number of hydrogen-bond acceptors (Lipinski definition) is 8. The first-order chi connectivity index (χ1) is 12.3. The minimum Gasteiger partial charge on any atom is -0.356 e. The van der Waals surface area contributed by atoms with Crippen LogP contribution in [0, 0.1) is 6.92 Å². The highest BCUT2D eigenvalue weighted by atomic mass is 32.1. The summed E-state index contributed by atoms with van der Waals surface area (Å²) in [7, 11) is 0. The molecule has 2 N–H and O–H groups in total. The van der Waals surface area contributed by atoms with E-state index in [1.807, 2.05) is 18.5 Å². The molecule has 8 heteroatoms. The zero-order chi connectivity index (χ0) is 17.1. The van der Waals surface area contributed by atoms with Crippen LogP contribution < -0.4 is 10.6 Å². The molecule has 0 fully saturated rings. The summed E-state index contributed by atoms with van der Waals surface area (Å²) in [6.45, 7) is 3.85. The zero-order valence-corrected chi connectivity index (χ0v) is 15.5. The van der Waals surface area contributed by atoms with Gasteiger partial charge in [0.1, 0.15) is 11.4 Å². The van der Waals surface area contributed by atoms with Crippen LogP contribution in [-0.4, -0.2) is 34.0 Å². The summed E-state index contributed by atoms with van der Waals surface area (Å²) in [5.74, 6) is 0.802. The fraction of sp³-hybridized carbons (Fsp3) is 0.294. The number of nitrogens with zero attached hydrogens (tertiary/aromatic N) is 4. The van der Waals surface area contributed by atoms with E-state index < -0.39 is 0 Å². The molecule has 0 aromatic carbocycles. The normalized spacial score (nSPS) is 14.0. The van der Waals surface area contributed by atoms with Gasteiger partial charge in [-0.15, -0.1) is 22.7 Å². The SMILES string of the molecule is Cc1ccc(Cc2nc(-c3csc(NC4=NCCCN4)n3)cs2)nc1. The number of aliphatic imine (C=N–C) groups is 1. The van der Waals surface area contributed by atoms with Crippen molar-refractivity contribution in [2.24, 2.45) is 4.99 Å². The summed E-state index contributed by atoms with van der Waals surface area (Å²) in [4.78, 5) is 18.2. The fourth-order valence-electron chi connectivity index (χ4n) is 2.43. The van der Waals surface area contributed by atoms with E-state index in [1.54, 1.807) is 22.7 Å². The maximum Gasteiger partial charge on any atom is 0.197 e. The third-order valence-corrected chi connectivity index (χ3v) is 5.35. The molecule has 0 saturated heterocycles. The summed E-state index contributed by atoms with van der Waals surface area (Å²) in [5, 5.41) is 12.4. The minimum atomic E-state index is 0.751. The van der Waals surface area contributed by atoms with Gasteiger partial charge in [0, 0.05) is 42.2 Å². The van der Waals surface area contributed by atoms with E-state index in [9.17, 15) is 0 Å². The predicted molar refractivity (Wildman–Crippen MR) is 104 cm³/mol. The molecule has 25 heavy (non-hydrogen) atoms. The first kappa shape index (κ1) is 16.2. The lowest BCUT2D eigenvalue weighted by molar-refractivity contribution is 0.740. The van der Waals surface area contributed by atoms with Crippen LogP contribution in [0.5, 0.6) is 0 Å². The Balaban J connectivity index is 1.45. The lowest BCUT2D eigenvalue weighted by Crippen LogP contribution is -2.35. The number of anilines is 1. The Morgan fingerprint density at radius 1 is 1.16 bits per heavy atom. The summed E-state index contributed by atoms with van der Waals surface area (Å²) in [6, 6.07) is 4.14. The van der Waals surface area contributed by atoms with Crippen LogP contribution in [0.2, 0.25) is 0 Å². The lowest BCUT2D eigenvalue weighted by Gasteiger charge is -2.13. The maximum atomic E-state index is 4.71. The molecule has 4 heterocycles. The molecule has 128 valence electrons. The van der Waals surface area contributed by atoms with Crippen molar-refractivity contribution in [3.05, 3.63) is 45.4 Å². The number of pyridine rings is 1. The van der Waals surface area contributed by atoms with Crippen molar-refractivity contribution in [1.82, 2.24) is 20.3 Å². The summed E-state index contributed by atoms with van der Waals surface area (Å²) in [5.41, 5.74) is 4.01. The first-order valence-corrected chi connectivity index (χ1v) is 9.89. The number of nitrogens with one attached hydrogen (secondary N) is 2. The number of hydrogen-bond donors (Lipinski definition) is 2. The standard InChI is InChI=1S/C17H18N6S2/c1-11-3-4-12(20-8-11)7-15-21-13(9-24-15)14-10-25-17(22-14)23-16-18-5-2-6-19-16/h3-4,8-10H,2,5-7H2,1H3,(H2,18,19,22,23). The average Bonchev–Trinajstić information content (AvgIpc) is 3.27. The summed E-state index contributed by atoms with van der Waals surface area (Å²) < 4.78 is 0. The molecule has 0 unspecified atom stereocenters. The molecular weight excluding hydrogens is 352 g/mol. The van der Waals surface area contributed by atoms with Crippen LogP contribution >= 0.6 is 22.7 Å². The van der Waals surface area contributed by atoms with Crippen molar-refractivity contribution in [1.29, 1.82) is 0 Å². The second-order valence-electron chi connectivity index (χ2n) is 5.80. The van der Waals surface area contributed by atoms with Gasteiger partial charge in [-0.3, -0.25) is 9.98 Å². The van der Waals surface area contributed by atoms with Crippen LogP contribution in [0.1, 0.15) is 22.7 Å². The molecule has 0 radical (unpaired) electrons. The number of guanidine groups is 1. The zero-order valence-electron chi connectivity index (χ0n) is 13.8. The quantitative estimate of drug-likeness (QED) is 0.737. The van der Waals surface area contributed by atoms with Crippen molar-refractivity contribution in [2.45, 2.75) is 19.8 Å². The number of rotatable bonds is 4. The highest BCUT2D eigenvalue weighted by Crippen LogP contribution is 2.27. The minimum absolute atomic E-state index is 0.751. The van der Waals surface area contributed by atoms with E-state index in [-0.39, 0.29) is 0 Å². The van der Waals surface area contributed by atoms with Gasteiger partial charge >= 0.3 is 0 Å². The largest absolute Gasteiger partial charge is 0.356 e. The lowest BCUT2D eigenvalue weighted by atomic mass is 10.2. The Morgan fingerprint density at radius 2 is 2.04 bits per heavy atom. The molecule has 6 nitrogen and oxygen atoms in total. The molecule has 0 saturated carbocycles. The average molecular weight is 371 g/mol. The van der Waals surface area contributed by atoms with E-state index in [1.165, 1.54) is 5.56 Å². The van der Waals surface area contributed by atoms with Crippen LogP contribution in [-0.2, 0) is 6.42 Å². The Morgan fingerprint density at radius 3 is 2.84 bits per heavy atom. The molecule has 0 spiro atoms. The van der Waals surface area contributed by atoms with Gasteiger partial charge in [-0.25, -0.2) is 9.97 Å². The molecule has 4 rings (SSSR count). The third-order valence-electron chi connectivity index (χ3n) is 3.75. The van der Waals surface area contributed by atoms with Crippen LogP contribution in [0.3, 0.4) is 0 Å². The molecule has 0 amide bonds. The Bertz CT molecular complexity index is 881. The molecule has 3 aromatic heterocycles. The highest BCUT2D eigenvalue weighted by Gasteiger charge is 2.11. The van der Waals surface area contributed by atoms with Crippen molar-refractivity contribution in [3.63, 3.8) is 0 Å². The summed E-state index contributed by atoms with van der Waals surface area (Å²) >= 11 is 3.21. The van der Waals surface area contributed by atoms with Crippen LogP contribution in [0.25, 0.3) is 11.4 Å². The Hall–Kier alpha value is -2.32. The number of aromatic nitrogens is 3. The van der Waals surface area contributed by atoms with Gasteiger partial charge in [0.2, 0.25) is 0 Å². The van der Waals surface area contributed by atoms with Crippen molar-refractivity contribution in [2.75, 3.05) is 18.4 Å². The molecule has 0 bridgehead atoms. The van der Waals surface area contributed by atoms with Gasteiger partial charge in [0.25, 0.3) is 0 Å². The second kappa shape index (κ2) is 7.28. The topological polar surface area (TPSA) is 75.1 Å². The molecule has 3 aromatic rings. The molecule has 1 aliphatic rings. The second-order valence-corrected chi connectivity index (χ2v) is 7.60. The van der Waals surface area contributed by atoms with Crippen molar-refractivity contribution >= 4 is 33.8 Å². The van der Waals surface area contributed by atoms with Gasteiger partial charge < -0.3 is 10.6 Å². The van der Waals surface area contributed by atoms with Crippen LogP contribution in [0.15, 0.2) is 34.1 Å². The Kier molecular flexibility index (Phi) is 4.71. The van der Waals surface area contributed by atoms with Crippen LogP contribution in [0.4, 0.5) is 5.13 Å². The third kappa shape index (κ3) is 4.02. The molecule has 1 aliphatic heterocycles. The van der Waals surface area contributed by atoms with Gasteiger partial charge in [-0.1, -0.05) is 6.07 Å². The molecule has 0 atom stereocenters. The highest BCUT2D eigenvalue weighted by molar-refractivity contribution is 7.14. The number of aryl methyl sites for hydroxylation is 1. The van der Waals surface area contributed by atoms with E-state index in [0.29, 0.717) is 0 Å². The Labute approximate surface area is 154 Å².